The number of hydrogen-bond donors (Lipinski definition) is 0. The maximum atomic E-state index is 13.4. The van der Waals surface area contributed by atoms with E-state index in [9.17, 15) is 12.8 Å². The van der Waals surface area contributed by atoms with Crippen molar-refractivity contribution < 1.29 is 17.2 Å². The lowest BCUT2D eigenvalue weighted by molar-refractivity contribution is 0.571. The van der Waals surface area contributed by atoms with Crippen molar-refractivity contribution in [3.63, 3.8) is 0 Å². The van der Waals surface area contributed by atoms with Gasteiger partial charge in [-0.15, -0.1) is 0 Å². The number of anilines is 1. The molecule has 0 radical (unpaired) electrons. The molecule has 4 aromatic rings. The summed E-state index contributed by atoms with van der Waals surface area (Å²) >= 11 is 0. The molecule has 0 bridgehead atoms. The lowest BCUT2D eigenvalue weighted by Crippen LogP contribution is -2.30. The minimum absolute atomic E-state index is 0.00217. The molecule has 4 rings (SSSR count). The Morgan fingerprint density at radius 1 is 1.00 bits per heavy atom. The van der Waals surface area contributed by atoms with Gasteiger partial charge in [-0.2, -0.15) is 5.26 Å². The minimum atomic E-state index is -3.99. The summed E-state index contributed by atoms with van der Waals surface area (Å²) in [6.07, 6.45) is 1.37. The van der Waals surface area contributed by atoms with E-state index in [1.54, 1.807) is 36.4 Å². The average Bonchev–Trinajstić information content (AvgIpc) is 3.27. The van der Waals surface area contributed by atoms with Crippen molar-refractivity contribution in [1.82, 2.24) is 4.98 Å². The lowest BCUT2D eigenvalue weighted by Gasteiger charge is -2.23. The fraction of sp³-hybridized carbons (Fsp3) is 0.0435. The smallest absolute Gasteiger partial charge is 0.264 e. The van der Waals surface area contributed by atoms with Crippen molar-refractivity contribution in [1.29, 1.82) is 5.26 Å². The second-order valence-corrected chi connectivity index (χ2v) is 8.50. The number of halogens is 1. The molecule has 0 N–H and O–H groups in total. The van der Waals surface area contributed by atoms with E-state index < -0.39 is 10.0 Å². The van der Waals surface area contributed by atoms with Crippen LogP contribution in [-0.4, -0.2) is 13.4 Å². The highest BCUT2D eigenvalue weighted by Gasteiger charge is 2.26. The number of hydrogen-bond acceptors (Lipinski definition) is 5. The largest absolute Gasteiger partial charge is 0.444 e. The number of nitrogens with zero attached hydrogens (tertiary/aromatic N) is 3. The summed E-state index contributed by atoms with van der Waals surface area (Å²) in [7, 11) is -3.99. The Kier molecular flexibility index (Phi) is 5.52. The third-order valence-electron chi connectivity index (χ3n) is 4.54. The first-order valence-electron chi connectivity index (χ1n) is 9.26. The third-order valence-corrected chi connectivity index (χ3v) is 6.31. The van der Waals surface area contributed by atoms with Gasteiger partial charge in [0.1, 0.15) is 17.8 Å². The summed E-state index contributed by atoms with van der Waals surface area (Å²) in [6, 6.07) is 22.0. The monoisotopic (exact) mass is 433 g/mol. The van der Waals surface area contributed by atoms with E-state index in [1.807, 2.05) is 6.07 Å². The molecule has 0 atom stereocenters. The van der Waals surface area contributed by atoms with Crippen molar-refractivity contribution in [2.24, 2.45) is 0 Å². The van der Waals surface area contributed by atoms with Crippen LogP contribution in [0.4, 0.5) is 10.1 Å². The SMILES string of the molecule is N#Cc1cccc(S(=O)(=O)N(Cc2coc(-c3ccc(F)cc3)n2)c2ccccc2)c1. The highest BCUT2D eigenvalue weighted by Crippen LogP contribution is 2.27. The first kappa shape index (κ1) is 20.3. The van der Waals surface area contributed by atoms with Crippen LogP contribution in [-0.2, 0) is 16.6 Å². The summed E-state index contributed by atoms with van der Waals surface area (Å²) in [5, 5.41) is 9.14. The van der Waals surface area contributed by atoms with E-state index >= 15 is 0 Å². The van der Waals surface area contributed by atoms with Gasteiger partial charge in [0.25, 0.3) is 10.0 Å². The first-order valence-corrected chi connectivity index (χ1v) is 10.7. The quantitative estimate of drug-likeness (QED) is 0.438. The van der Waals surface area contributed by atoms with Crippen LogP contribution in [0.15, 0.2) is 94.4 Å². The number of sulfonamides is 1. The molecule has 0 saturated heterocycles. The van der Waals surface area contributed by atoms with Gasteiger partial charge in [0.15, 0.2) is 0 Å². The van der Waals surface area contributed by atoms with E-state index in [1.165, 1.54) is 53.0 Å². The average molecular weight is 433 g/mol. The zero-order chi connectivity index (χ0) is 21.8. The van der Waals surface area contributed by atoms with Gasteiger partial charge in [-0.25, -0.2) is 17.8 Å². The van der Waals surface area contributed by atoms with Crippen molar-refractivity contribution in [2.45, 2.75) is 11.4 Å². The summed E-state index contributed by atoms with van der Waals surface area (Å²) in [5.74, 6) is -0.122. The molecular weight excluding hydrogens is 417 g/mol. The second kappa shape index (κ2) is 8.42. The summed E-state index contributed by atoms with van der Waals surface area (Å²) in [4.78, 5) is 4.37. The Morgan fingerprint density at radius 3 is 2.45 bits per heavy atom. The number of aromatic nitrogens is 1. The van der Waals surface area contributed by atoms with Gasteiger partial charge in [-0.1, -0.05) is 24.3 Å². The fourth-order valence-electron chi connectivity index (χ4n) is 3.01. The fourth-order valence-corrected chi connectivity index (χ4v) is 4.50. The van der Waals surface area contributed by atoms with E-state index in [-0.39, 0.29) is 28.7 Å². The van der Waals surface area contributed by atoms with E-state index in [4.69, 9.17) is 9.68 Å². The highest BCUT2D eigenvalue weighted by molar-refractivity contribution is 7.92. The molecule has 0 saturated carbocycles. The molecule has 6 nitrogen and oxygen atoms in total. The van der Waals surface area contributed by atoms with Gasteiger partial charge >= 0.3 is 0 Å². The molecule has 3 aromatic carbocycles. The van der Waals surface area contributed by atoms with Crippen LogP contribution in [0.25, 0.3) is 11.5 Å². The van der Waals surface area contributed by atoms with Gasteiger partial charge in [-0.3, -0.25) is 4.31 Å². The van der Waals surface area contributed by atoms with Gasteiger partial charge in [-0.05, 0) is 54.6 Å². The standard InChI is InChI=1S/C23H16FN3O3S/c24-19-11-9-18(10-12-19)23-26-20(16-30-23)15-27(21-6-2-1-3-7-21)31(28,29)22-8-4-5-17(13-22)14-25/h1-13,16H,15H2. The summed E-state index contributed by atoms with van der Waals surface area (Å²) < 4.78 is 46.7. The van der Waals surface area contributed by atoms with Crippen LogP contribution in [0.2, 0.25) is 0 Å². The normalized spacial score (nSPS) is 11.1. The molecule has 1 heterocycles. The summed E-state index contributed by atoms with van der Waals surface area (Å²) in [6.45, 7) is -0.0895. The molecule has 8 heteroatoms. The molecule has 0 aliphatic rings. The van der Waals surface area contributed by atoms with Crippen molar-refractivity contribution in [2.75, 3.05) is 4.31 Å². The second-order valence-electron chi connectivity index (χ2n) is 6.64. The minimum Gasteiger partial charge on any atom is -0.444 e. The third kappa shape index (κ3) is 4.32. The molecule has 31 heavy (non-hydrogen) atoms. The Labute approximate surface area is 178 Å². The van der Waals surface area contributed by atoms with Gasteiger partial charge in [0, 0.05) is 5.56 Å². The highest BCUT2D eigenvalue weighted by atomic mass is 32.2. The Bertz CT molecular complexity index is 1340. The van der Waals surface area contributed by atoms with Crippen LogP contribution < -0.4 is 4.31 Å². The maximum Gasteiger partial charge on any atom is 0.264 e. The van der Waals surface area contributed by atoms with Gasteiger partial charge < -0.3 is 4.42 Å². The molecule has 0 aliphatic heterocycles. The lowest BCUT2D eigenvalue weighted by atomic mass is 10.2. The van der Waals surface area contributed by atoms with Crippen molar-refractivity contribution in [3.8, 4) is 17.5 Å². The molecule has 0 fully saturated rings. The van der Waals surface area contributed by atoms with Crippen LogP contribution in [0.3, 0.4) is 0 Å². The van der Waals surface area contributed by atoms with Crippen LogP contribution >= 0.6 is 0 Å². The molecule has 154 valence electrons. The molecule has 0 unspecified atom stereocenters. The predicted molar refractivity (Wildman–Crippen MR) is 113 cm³/mol. The maximum absolute atomic E-state index is 13.4. The topological polar surface area (TPSA) is 87.2 Å². The van der Waals surface area contributed by atoms with Gasteiger partial charge in [0.05, 0.1) is 28.8 Å². The van der Waals surface area contributed by atoms with E-state index in [2.05, 4.69) is 4.98 Å². The van der Waals surface area contributed by atoms with Crippen LogP contribution in [0, 0.1) is 17.1 Å². The van der Waals surface area contributed by atoms with E-state index in [0.29, 0.717) is 16.9 Å². The van der Waals surface area contributed by atoms with Crippen LogP contribution in [0.5, 0.6) is 0 Å². The molecule has 0 amide bonds. The summed E-state index contributed by atoms with van der Waals surface area (Å²) in [5.41, 5.74) is 1.64. The first-order chi connectivity index (χ1) is 15.0. The van der Waals surface area contributed by atoms with Crippen molar-refractivity contribution >= 4 is 15.7 Å². The van der Waals surface area contributed by atoms with E-state index in [0.717, 1.165) is 0 Å². The Balaban J connectivity index is 1.72. The Hall–Kier alpha value is -3.96. The molecule has 0 aliphatic carbocycles. The van der Waals surface area contributed by atoms with Crippen LogP contribution in [0.1, 0.15) is 11.3 Å². The number of nitriles is 1. The zero-order valence-electron chi connectivity index (χ0n) is 16.1. The predicted octanol–water partition coefficient (Wildman–Crippen LogP) is 4.75. The molecule has 0 spiro atoms. The zero-order valence-corrected chi connectivity index (χ0v) is 17.0. The number of benzene rings is 3. The Morgan fingerprint density at radius 2 is 1.74 bits per heavy atom. The molecule has 1 aromatic heterocycles. The van der Waals surface area contributed by atoms with Gasteiger partial charge in [0.2, 0.25) is 5.89 Å². The number of oxazole rings is 1. The molecular formula is C23H16FN3O3S. The van der Waals surface area contributed by atoms with Crippen molar-refractivity contribution in [3.05, 3.63) is 102 Å². The number of para-hydroxylation sites is 1. The number of rotatable bonds is 6.